The van der Waals surface area contributed by atoms with E-state index in [1.165, 1.54) is 18.2 Å². The van der Waals surface area contributed by atoms with E-state index in [4.69, 9.17) is 4.42 Å². The number of benzene rings is 2. The summed E-state index contributed by atoms with van der Waals surface area (Å²) in [5, 5.41) is 7.44. The summed E-state index contributed by atoms with van der Waals surface area (Å²) in [7, 11) is -3.84. The van der Waals surface area contributed by atoms with Crippen molar-refractivity contribution in [2.24, 2.45) is 0 Å². The Morgan fingerprint density at radius 2 is 2.04 bits per heavy atom. The van der Waals surface area contributed by atoms with Crippen molar-refractivity contribution in [2.75, 3.05) is 4.72 Å². The highest BCUT2D eigenvalue weighted by molar-refractivity contribution is 7.92. The molecule has 0 amide bonds. The number of sulfonamides is 1. The van der Waals surface area contributed by atoms with Crippen molar-refractivity contribution >= 4 is 37.7 Å². The molecule has 0 atom stereocenters. The van der Waals surface area contributed by atoms with Crippen molar-refractivity contribution in [1.29, 1.82) is 0 Å². The normalized spacial score (nSPS) is 12.0. The fourth-order valence-electron chi connectivity index (χ4n) is 2.35. The van der Waals surface area contributed by atoms with E-state index >= 15 is 0 Å². The molecule has 2 heterocycles. The molecule has 23 heavy (non-hydrogen) atoms. The number of hydrogen-bond acceptors (Lipinski definition) is 5. The summed E-state index contributed by atoms with van der Waals surface area (Å²) in [6.07, 6.45) is 1.60. The fraction of sp³-hybridized carbons (Fsp3) is 0. The minimum absolute atomic E-state index is 0.00994. The molecule has 0 radical (unpaired) electrons. The first-order valence-corrected chi connectivity index (χ1v) is 8.09. The third-order valence-electron chi connectivity index (χ3n) is 3.42. The minimum atomic E-state index is -3.84. The van der Waals surface area contributed by atoms with E-state index in [0.717, 1.165) is 5.39 Å². The predicted octanol–water partition coefficient (Wildman–Crippen LogP) is 1.80. The molecule has 3 N–H and O–H groups in total. The maximum atomic E-state index is 12.5. The van der Waals surface area contributed by atoms with Crippen molar-refractivity contribution in [2.45, 2.75) is 4.90 Å². The molecule has 0 saturated heterocycles. The average Bonchev–Trinajstić information content (AvgIpc) is 3.11. The van der Waals surface area contributed by atoms with Gasteiger partial charge in [-0.05, 0) is 18.2 Å². The predicted molar refractivity (Wildman–Crippen MR) is 83.7 cm³/mol. The van der Waals surface area contributed by atoms with Crippen LogP contribution in [0.2, 0.25) is 0 Å². The lowest BCUT2D eigenvalue weighted by atomic mass is 10.2. The summed E-state index contributed by atoms with van der Waals surface area (Å²) in [4.78, 5) is 13.6. The zero-order valence-corrected chi connectivity index (χ0v) is 12.3. The summed E-state index contributed by atoms with van der Waals surface area (Å²) in [6, 6.07) is 9.34. The maximum absolute atomic E-state index is 12.5. The molecule has 0 aliphatic carbocycles. The molecule has 0 fully saturated rings. The highest BCUT2D eigenvalue weighted by atomic mass is 32.2. The van der Waals surface area contributed by atoms with Gasteiger partial charge in [-0.25, -0.2) is 13.2 Å². The van der Waals surface area contributed by atoms with Gasteiger partial charge in [-0.2, -0.15) is 5.10 Å². The molecular formula is C14H10N4O4S. The lowest BCUT2D eigenvalue weighted by Gasteiger charge is -2.08. The largest absolute Gasteiger partial charge is 0.417 e. The van der Waals surface area contributed by atoms with Gasteiger partial charge in [-0.3, -0.25) is 14.8 Å². The number of oxazole rings is 1. The van der Waals surface area contributed by atoms with Crippen LogP contribution < -0.4 is 10.5 Å². The molecule has 116 valence electrons. The number of para-hydroxylation sites is 1. The first kappa shape index (κ1) is 13.6. The summed E-state index contributed by atoms with van der Waals surface area (Å²) < 4.78 is 32.5. The van der Waals surface area contributed by atoms with Crippen molar-refractivity contribution in [3.05, 3.63) is 53.1 Å². The van der Waals surface area contributed by atoms with Crippen LogP contribution in [0.3, 0.4) is 0 Å². The molecule has 0 bridgehead atoms. The summed E-state index contributed by atoms with van der Waals surface area (Å²) in [5.41, 5.74) is 1.59. The van der Waals surface area contributed by atoms with Crippen LogP contribution in [0.15, 0.2) is 56.7 Å². The number of aromatic nitrogens is 3. The van der Waals surface area contributed by atoms with Gasteiger partial charge < -0.3 is 4.42 Å². The lowest BCUT2D eigenvalue weighted by Crippen LogP contribution is -2.13. The highest BCUT2D eigenvalue weighted by Gasteiger charge is 2.17. The average molecular weight is 330 g/mol. The van der Waals surface area contributed by atoms with E-state index in [-0.39, 0.29) is 10.5 Å². The number of fused-ring (bicyclic) bond motifs is 2. The highest BCUT2D eigenvalue weighted by Crippen LogP contribution is 2.24. The van der Waals surface area contributed by atoms with E-state index in [9.17, 15) is 13.2 Å². The van der Waals surface area contributed by atoms with Crippen molar-refractivity contribution in [3.63, 3.8) is 0 Å². The number of nitrogens with one attached hydrogen (secondary N) is 3. The molecule has 2 aromatic carbocycles. The van der Waals surface area contributed by atoms with Crippen LogP contribution in [0.5, 0.6) is 0 Å². The number of anilines is 1. The van der Waals surface area contributed by atoms with Crippen LogP contribution in [-0.4, -0.2) is 23.6 Å². The molecule has 4 rings (SSSR count). The van der Waals surface area contributed by atoms with E-state index in [2.05, 4.69) is 19.9 Å². The Balaban J connectivity index is 1.79. The minimum Gasteiger partial charge on any atom is -0.408 e. The number of H-pyrrole nitrogens is 2. The van der Waals surface area contributed by atoms with Gasteiger partial charge >= 0.3 is 5.76 Å². The van der Waals surface area contributed by atoms with Crippen LogP contribution >= 0.6 is 0 Å². The second-order valence-electron chi connectivity index (χ2n) is 4.92. The number of hydrogen-bond donors (Lipinski definition) is 3. The SMILES string of the molecule is O=c1[nH]c2ccc(S(=O)(=O)Nc3cccc4cn[nH]c34)cc2o1. The third-order valence-corrected chi connectivity index (χ3v) is 4.79. The monoisotopic (exact) mass is 330 g/mol. The van der Waals surface area contributed by atoms with Gasteiger partial charge in [0.15, 0.2) is 5.58 Å². The molecule has 0 aliphatic heterocycles. The van der Waals surface area contributed by atoms with E-state index < -0.39 is 15.8 Å². The molecular weight excluding hydrogens is 320 g/mol. The molecule has 9 heteroatoms. The van der Waals surface area contributed by atoms with Gasteiger partial charge in [0.2, 0.25) is 0 Å². The van der Waals surface area contributed by atoms with Crippen LogP contribution in [0.1, 0.15) is 0 Å². The Kier molecular flexibility index (Phi) is 2.78. The topological polar surface area (TPSA) is 121 Å². The van der Waals surface area contributed by atoms with Crippen molar-refractivity contribution in [1.82, 2.24) is 15.2 Å². The smallest absolute Gasteiger partial charge is 0.408 e. The fourth-order valence-corrected chi connectivity index (χ4v) is 3.44. The number of rotatable bonds is 3. The summed E-state index contributed by atoms with van der Waals surface area (Å²) in [6.45, 7) is 0. The Hall–Kier alpha value is -3.07. The molecule has 0 aliphatic rings. The van der Waals surface area contributed by atoms with Crippen molar-refractivity contribution < 1.29 is 12.8 Å². The van der Waals surface area contributed by atoms with E-state index in [0.29, 0.717) is 16.7 Å². The maximum Gasteiger partial charge on any atom is 0.417 e. The van der Waals surface area contributed by atoms with Gasteiger partial charge in [0.05, 0.1) is 27.8 Å². The first-order chi connectivity index (χ1) is 11.0. The quantitative estimate of drug-likeness (QED) is 0.529. The Bertz CT molecular complexity index is 1190. The first-order valence-electron chi connectivity index (χ1n) is 6.61. The number of nitrogens with zero attached hydrogens (tertiary/aromatic N) is 1. The molecule has 0 unspecified atom stereocenters. The lowest BCUT2D eigenvalue weighted by molar-refractivity contribution is 0.554. The number of aromatic amines is 2. The molecule has 2 aromatic heterocycles. The van der Waals surface area contributed by atoms with Gasteiger partial charge in [0.25, 0.3) is 10.0 Å². The van der Waals surface area contributed by atoms with Gasteiger partial charge in [0.1, 0.15) is 0 Å². The standard InChI is InChI=1S/C14H10N4O4S/c19-14-16-10-5-4-9(6-12(10)22-14)23(20,21)18-11-3-1-2-8-7-15-17-13(8)11/h1-7,18H,(H,15,17)(H,16,19). The Morgan fingerprint density at radius 1 is 1.17 bits per heavy atom. The molecule has 0 spiro atoms. The van der Waals surface area contributed by atoms with Gasteiger partial charge in [-0.15, -0.1) is 0 Å². The van der Waals surface area contributed by atoms with Crippen LogP contribution in [-0.2, 0) is 10.0 Å². The Labute approximate surface area is 129 Å². The third kappa shape index (κ3) is 2.27. The second kappa shape index (κ2) is 4.71. The zero-order chi connectivity index (χ0) is 16.0. The molecule has 4 aromatic rings. The van der Waals surface area contributed by atoms with E-state index in [1.807, 2.05) is 6.07 Å². The zero-order valence-electron chi connectivity index (χ0n) is 11.5. The van der Waals surface area contributed by atoms with Crippen LogP contribution in [0.25, 0.3) is 22.0 Å². The van der Waals surface area contributed by atoms with Gasteiger partial charge in [-0.1, -0.05) is 12.1 Å². The molecule has 8 nitrogen and oxygen atoms in total. The van der Waals surface area contributed by atoms with Crippen LogP contribution in [0.4, 0.5) is 5.69 Å². The second-order valence-corrected chi connectivity index (χ2v) is 6.60. The summed E-state index contributed by atoms with van der Waals surface area (Å²) >= 11 is 0. The van der Waals surface area contributed by atoms with Crippen molar-refractivity contribution in [3.8, 4) is 0 Å². The van der Waals surface area contributed by atoms with E-state index in [1.54, 1.807) is 18.3 Å². The van der Waals surface area contributed by atoms with Gasteiger partial charge in [0, 0.05) is 11.5 Å². The summed E-state index contributed by atoms with van der Waals surface area (Å²) in [5.74, 6) is -0.635. The Morgan fingerprint density at radius 3 is 2.91 bits per heavy atom. The van der Waals surface area contributed by atoms with Crippen LogP contribution in [0, 0.1) is 0 Å². The molecule has 0 saturated carbocycles.